The number of nitrogens with zero attached hydrogens (tertiary/aromatic N) is 3. The molecular weight excluding hydrogens is 214 g/mol. The average molecular weight is 229 g/mol. The normalized spacial score (nSPS) is 12.5. The number of rotatable bonds is 2. The number of aliphatic hydroxyl groups is 1. The van der Waals surface area contributed by atoms with E-state index < -0.39 is 6.10 Å². The fraction of sp³-hybridized carbons (Fsp3) is 0.308. The highest BCUT2D eigenvalue weighted by atomic mass is 16.3. The van der Waals surface area contributed by atoms with Crippen molar-refractivity contribution in [2.75, 3.05) is 0 Å². The number of aromatic nitrogens is 3. The molecule has 0 saturated heterocycles. The highest BCUT2D eigenvalue weighted by molar-refractivity contribution is 5.49. The van der Waals surface area contributed by atoms with Gasteiger partial charge in [-0.05, 0) is 32.9 Å². The first-order valence-electron chi connectivity index (χ1n) is 5.53. The minimum atomic E-state index is -0.547. The summed E-state index contributed by atoms with van der Waals surface area (Å²) in [5, 5.41) is 9.51. The molecule has 4 heteroatoms. The van der Waals surface area contributed by atoms with Crippen LogP contribution in [0.2, 0.25) is 0 Å². The molecule has 17 heavy (non-hydrogen) atoms. The van der Waals surface area contributed by atoms with Crippen LogP contribution in [0.4, 0.5) is 0 Å². The molecule has 0 aliphatic carbocycles. The van der Waals surface area contributed by atoms with Crippen LogP contribution in [0, 0.1) is 13.8 Å². The Balaban J connectivity index is 2.44. The molecule has 2 aromatic heterocycles. The van der Waals surface area contributed by atoms with Gasteiger partial charge in [-0.2, -0.15) is 0 Å². The number of pyridine rings is 1. The Labute approximate surface area is 100 Å². The lowest BCUT2D eigenvalue weighted by atomic mass is 10.1. The molecule has 2 heterocycles. The molecule has 1 atom stereocenters. The molecule has 4 nitrogen and oxygen atoms in total. The molecule has 1 N–H and O–H groups in total. The second kappa shape index (κ2) is 4.59. The van der Waals surface area contributed by atoms with E-state index in [0.29, 0.717) is 5.82 Å². The molecule has 2 rings (SSSR count). The zero-order valence-electron chi connectivity index (χ0n) is 10.2. The zero-order chi connectivity index (χ0) is 12.4. The van der Waals surface area contributed by atoms with E-state index in [1.165, 1.54) is 0 Å². The first kappa shape index (κ1) is 11.7. The number of aliphatic hydroxyl groups excluding tert-OH is 1. The van der Waals surface area contributed by atoms with Crippen LogP contribution < -0.4 is 0 Å². The Kier molecular flexibility index (Phi) is 3.15. The van der Waals surface area contributed by atoms with Crippen LogP contribution in [0.1, 0.15) is 30.0 Å². The van der Waals surface area contributed by atoms with Crippen LogP contribution in [0.5, 0.6) is 0 Å². The Bertz CT molecular complexity index is 538. The predicted octanol–water partition coefficient (Wildman–Crippen LogP) is 2.21. The van der Waals surface area contributed by atoms with Gasteiger partial charge in [0.25, 0.3) is 0 Å². The standard InChI is InChI=1S/C13H15N3O/c1-8-5-4-6-12(15-8)13-14-7-11(10(3)17)9(2)16-13/h4-7,10,17H,1-3H3/t10-/m1/s1. The minimum absolute atomic E-state index is 0.547. The maximum atomic E-state index is 9.51. The topological polar surface area (TPSA) is 58.9 Å². The summed E-state index contributed by atoms with van der Waals surface area (Å²) in [6, 6.07) is 5.74. The van der Waals surface area contributed by atoms with Crippen molar-refractivity contribution < 1.29 is 5.11 Å². The lowest BCUT2D eigenvalue weighted by molar-refractivity contribution is 0.197. The second-order valence-electron chi connectivity index (χ2n) is 4.07. The van der Waals surface area contributed by atoms with Crippen LogP contribution in [0.25, 0.3) is 11.5 Å². The maximum absolute atomic E-state index is 9.51. The summed E-state index contributed by atoms with van der Waals surface area (Å²) in [5.41, 5.74) is 3.23. The lowest BCUT2D eigenvalue weighted by Gasteiger charge is -2.08. The molecule has 0 saturated carbocycles. The largest absolute Gasteiger partial charge is 0.389 e. The SMILES string of the molecule is Cc1cccc(-c2ncc([C@@H](C)O)c(C)n2)n1. The quantitative estimate of drug-likeness (QED) is 0.857. The van der Waals surface area contributed by atoms with Crippen LogP contribution in [0.3, 0.4) is 0 Å². The summed E-state index contributed by atoms with van der Waals surface area (Å²) in [5.74, 6) is 0.593. The second-order valence-corrected chi connectivity index (χ2v) is 4.07. The molecule has 0 spiro atoms. The summed E-state index contributed by atoms with van der Waals surface area (Å²) in [4.78, 5) is 13.0. The molecule has 0 fully saturated rings. The molecule has 0 amide bonds. The van der Waals surface area contributed by atoms with Crippen LogP contribution in [-0.4, -0.2) is 20.1 Å². The Hall–Kier alpha value is -1.81. The first-order valence-corrected chi connectivity index (χ1v) is 5.53. The average Bonchev–Trinajstić information content (AvgIpc) is 2.28. The maximum Gasteiger partial charge on any atom is 0.178 e. The molecule has 0 aliphatic heterocycles. The fourth-order valence-electron chi connectivity index (χ4n) is 1.68. The van der Waals surface area contributed by atoms with E-state index >= 15 is 0 Å². The molecule has 0 unspecified atom stereocenters. The molecule has 0 radical (unpaired) electrons. The van der Waals surface area contributed by atoms with Crippen molar-refractivity contribution in [2.45, 2.75) is 26.9 Å². The third-order valence-corrected chi connectivity index (χ3v) is 2.58. The van der Waals surface area contributed by atoms with Crippen LogP contribution >= 0.6 is 0 Å². The predicted molar refractivity (Wildman–Crippen MR) is 65.4 cm³/mol. The lowest BCUT2D eigenvalue weighted by Crippen LogP contribution is -2.02. The number of aryl methyl sites for hydroxylation is 2. The van der Waals surface area contributed by atoms with Gasteiger partial charge >= 0.3 is 0 Å². The van der Waals surface area contributed by atoms with Gasteiger partial charge in [0.05, 0.1) is 6.10 Å². The zero-order valence-corrected chi connectivity index (χ0v) is 10.2. The van der Waals surface area contributed by atoms with Gasteiger partial charge in [0, 0.05) is 23.1 Å². The molecule has 0 aliphatic rings. The van der Waals surface area contributed by atoms with Crippen molar-refractivity contribution in [3.63, 3.8) is 0 Å². The van der Waals surface area contributed by atoms with Gasteiger partial charge in [-0.25, -0.2) is 15.0 Å². The smallest absolute Gasteiger partial charge is 0.178 e. The summed E-state index contributed by atoms with van der Waals surface area (Å²) in [6.07, 6.45) is 1.11. The molecule has 88 valence electrons. The van der Waals surface area contributed by atoms with E-state index in [-0.39, 0.29) is 0 Å². The van der Waals surface area contributed by atoms with Gasteiger partial charge in [-0.1, -0.05) is 6.07 Å². The molecule has 0 bridgehead atoms. The van der Waals surface area contributed by atoms with E-state index in [9.17, 15) is 5.11 Å². The fourth-order valence-corrected chi connectivity index (χ4v) is 1.68. The van der Waals surface area contributed by atoms with Crippen molar-refractivity contribution in [1.82, 2.24) is 15.0 Å². The van der Waals surface area contributed by atoms with Gasteiger partial charge in [0.15, 0.2) is 5.82 Å². The number of hydrogen-bond donors (Lipinski definition) is 1. The van der Waals surface area contributed by atoms with Crippen LogP contribution in [0.15, 0.2) is 24.4 Å². The van der Waals surface area contributed by atoms with Crippen molar-refractivity contribution in [1.29, 1.82) is 0 Å². The van der Waals surface area contributed by atoms with Crippen molar-refractivity contribution in [3.8, 4) is 11.5 Å². The van der Waals surface area contributed by atoms with Crippen molar-refractivity contribution in [2.24, 2.45) is 0 Å². The van der Waals surface area contributed by atoms with Gasteiger partial charge in [-0.15, -0.1) is 0 Å². The van der Waals surface area contributed by atoms with Gasteiger partial charge in [0.1, 0.15) is 5.69 Å². The third kappa shape index (κ3) is 2.47. The van der Waals surface area contributed by atoms with Gasteiger partial charge in [0.2, 0.25) is 0 Å². The van der Waals surface area contributed by atoms with Crippen LogP contribution in [-0.2, 0) is 0 Å². The minimum Gasteiger partial charge on any atom is -0.389 e. The summed E-state index contributed by atoms with van der Waals surface area (Å²) < 4.78 is 0. The van der Waals surface area contributed by atoms with E-state index in [1.807, 2.05) is 32.0 Å². The monoisotopic (exact) mass is 229 g/mol. The van der Waals surface area contributed by atoms with Gasteiger partial charge in [-0.3, -0.25) is 0 Å². The highest BCUT2D eigenvalue weighted by Crippen LogP contribution is 2.18. The molecule has 0 aromatic carbocycles. The Morgan fingerprint density at radius 3 is 2.53 bits per heavy atom. The van der Waals surface area contributed by atoms with Crippen molar-refractivity contribution >= 4 is 0 Å². The van der Waals surface area contributed by atoms with E-state index in [1.54, 1.807) is 13.1 Å². The van der Waals surface area contributed by atoms with Gasteiger partial charge < -0.3 is 5.11 Å². The molecule has 2 aromatic rings. The van der Waals surface area contributed by atoms with Crippen molar-refractivity contribution in [3.05, 3.63) is 41.3 Å². The Morgan fingerprint density at radius 2 is 1.94 bits per heavy atom. The van der Waals surface area contributed by atoms with E-state index in [0.717, 1.165) is 22.6 Å². The first-order chi connectivity index (χ1) is 8.08. The highest BCUT2D eigenvalue weighted by Gasteiger charge is 2.09. The summed E-state index contributed by atoms with van der Waals surface area (Å²) in [6.45, 7) is 5.50. The number of hydrogen-bond acceptors (Lipinski definition) is 4. The third-order valence-electron chi connectivity index (χ3n) is 2.58. The Morgan fingerprint density at radius 1 is 1.18 bits per heavy atom. The summed E-state index contributed by atoms with van der Waals surface area (Å²) in [7, 11) is 0. The summed E-state index contributed by atoms with van der Waals surface area (Å²) >= 11 is 0. The van der Waals surface area contributed by atoms with E-state index in [2.05, 4.69) is 15.0 Å². The molecular formula is C13H15N3O. The van der Waals surface area contributed by atoms with E-state index in [4.69, 9.17) is 0 Å².